The number of carbonyl (C=O) groups excluding carboxylic acids is 3. The van der Waals surface area contributed by atoms with E-state index in [9.17, 15) is 14.4 Å². The number of allylic oxidation sites excluding steroid dienone is 2. The normalized spacial score (nSPS) is 13.9. The highest BCUT2D eigenvalue weighted by molar-refractivity contribution is 6.23. The number of ketones is 2. The molecule has 0 unspecified atom stereocenters. The molecule has 0 bridgehead atoms. The Balaban J connectivity index is 1.60. The summed E-state index contributed by atoms with van der Waals surface area (Å²) < 4.78 is 10.2. The van der Waals surface area contributed by atoms with Crippen molar-refractivity contribution in [1.29, 1.82) is 0 Å². The van der Waals surface area contributed by atoms with Crippen LogP contribution in [0.5, 0.6) is 0 Å². The summed E-state index contributed by atoms with van der Waals surface area (Å²) in [6.07, 6.45) is 1.23. The molecule has 0 aliphatic heterocycles. The highest BCUT2D eigenvalue weighted by atomic mass is 16.5. The average molecular weight is 449 g/mol. The molecule has 3 rings (SSSR count). The monoisotopic (exact) mass is 448 g/mol. The van der Waals surface area contributed by atoms with E-state index < -0.39 is 0 Å². The fraction of sp³-hybridized carbons (Fsp3) is 0.269. The second-order valence-electron chi connectivity index (χ2n) is 7.77. The van der Waals surface area contributed by atoms with Gasteiger partial charge in [0.1, 0.15) is 0 Å². The lowest BCUT2D eigenvalue weighted by molar-refractivity contribution is -0.121. The van der Waals surface area contributed by atoms with Crippen LogP contribution in [0.15, 0.2) is 71.2 Å². The third-order valence-electron chi connectivity index (χ3n) is 5.61. The summed E-state index contributed by atoms with van der Waals surface area (Å²) in [6.45, 7) is 2.08. The number of nitrogens with one attached hydrogen (secondary N) is 1. The van der Waals surface area contributed by atoms with Gasteiger partial charge in [0.15, 0.2) is 0 Å². The SMILES string of the molecule is COC1=C(OC)C(=O)C(Cc2ccc(CCC(=O)Nc3ccc(CN)cc3)cc2)=C(C)C1=O. The number of amides is 1. The van der Waals surface area contributed by atoms with Gasteiger partial charge in [-0.15, -0.1) is 0 Å². The van der Waals surface area contributed by atoms with Gasteiger partial charge in [0, 0.05) is 36.2 Å². The van der Waals surface area contributed by atoms with Crippen LogP contribution in [0, 0.1) is 0 Å². The summed E-state index contributed by atoms with van der Waals surface area (Å²) in [5.74, 6) is -0.883. The lowest BCUT2D eigenvalue weighted by Gasteiger charge is -2.20. The van der Waals surface area contributed by atoms with Gasteiger partial charge in [-0.3, -0.25) is 14.4 Å². The van der Waals surface area contributed by atoms with Crippen molar-refractivity contribution in [2.45, 2.75) is 32.7 Å². The molecule has 7 nitrogen and oxygen atoms in total. The number of nitrogens with two attached hydrogens (primary N) is 1. The number of hydrogen-bond donors (Lipinski definition) is 2. The summed E-state index contributed by atoms with van der Waals surface area (Å²) in [5.41, 5.74) is 9.97. The number of hydrogen-bond acceptors (Lipinski definition) is 6. The highest BCUT2D eigenvalue weighted by Gasteiger charge is 2.34. The molecule has 0 heterocycles. The molecule has 7 heteroatoms. The Morgan fingerprint density at radius 1 is 0.848 bits per heavy atom. The molecule has 0 saturated heterocycles. The second-order valence-corrected chi connectivity index (χ2v) is 7.77. The molecule has 2 aromatic carbocycles. The molecule has 0 aromatic heterocycles. The van der Waals surface area contributed by atoms with Gasteiger partial charge < -0.3 is 20.5 Å². The fourth-order valence-electron chi connectivity index (χ4n) is 3.64. The molecule has 2 aromatic rings. The Labute approximate surface area is 193 Å². The van der Waals surface area contributed by atoms with E-state index >= 15 is 0 Å². The summed E-state index contributed by atoms with van der Waals surface area (Å²) >= 11 is 0. The fourth-order valence-corrected chi connectivity index (χ4v) is 3.64. The minimum Gasteiger partial charge on any atom is -0.489 e. The van der Waals surface area contributed by atoms with Crippen LogP contribution in [-0.2, 0) is 43.2 Å². The van der Waals surface area contributed by atoms with E-state index in [4.69, 9.17) is 15.2 Å². The standard InChI is InChI=1S/C26H28N2O5/c1-16-21(24(31)26(33-3)25(32-2)23(16)30)14-18-6-4-17(5-7-18)10-13-22(29)28-20-11-8-19(15-27)9-12-20/h4-9,11-12H,10,13-15,27H2,1-3H3,(H,28,29). The maximum atomic E-state index is 12.8. The van der Waals surface area contributed by atoms with E-state index in [1.165, 1.54) is 14.2 Å². The van der Waals surface area contributed by atoms with Gasteiger partial charge in [-0.1, -0.05) is 36.4 Å². The summed E-state index contributed by atoms with van der Waals surface area (Å²) in [4.78, 5) is 37.6. The first-order valence-electron chi connectivity index (χ1n) is 10.7. The Bertz CT molecular complexity index is 1110. The van der Waals surface area contributed by atoms with Gasteiger partial charge >= 0.3 is 0 Å². The number of anilines is 1. The lowest BCUT2D eigenvalue weighted by Crippen LogP contribution is -2.26. The number of aryl methyl sites for hydroxylation is 1. The zero-order valence-corrected chi connectivity index (χ0v) is 19.1. The van der Waals surface area contributed by atoms with Crippen molar-refractivity contribution < 1.29 is 23.9 Å². The minimum atomic E-state index is -0.343. The Kier molecular flexibility index (Phi) is 7.79. The van der Waals surface area contributed by atoms with E-state index in [0.717, 1.165) is 22.4 Å². The van der Waals surface area contributed by atoms with E-state index in [1.54, 1.807) is 6.92 Å². The first kappa shape index (κ1) is 23.9. The van der Waals surface area contributed by atoms with Crippen molar-refractivity contribution in [3.05, 3.63) is 87.9 Å². The quantitative estimate of drug-likeness (QED) is 0.571. The second kappa shape index (κ2) is 10.7. The Morgan fingerprint density at radius 3 is 1.97 bits per heavy atom. The van der Waals surface area contributed by atoms with Crippen molar-refractivity contribution in [3.8, 4) is 0 Å². The van der Waals surface area contributed by atoms with Crippen LogP contribution in [0.1, 0.15) is 30.0 Å². The number of rotatable bonds is 9. The van der Waals surface area contributed by atoms with E-state index in [2.05, 4.69) is 5.32 Å². The first-order chi connectivity index (χ1) is 15.9. The highest BCUT2D eigenvalue weighted by Crippen LogP contribution is 2.28. The van der Waals surface area contributed by atoms with Crippen molar-refractivity contribution in [2.75, 3.05) is 19.5 Å². The molecule has 1 aliphatic rings. The van der Waals surface area contributed by atoms with Gasteiger partial charge in [-0.2, -0.15) is 0 Å². The number of ether oxygens (including phenoxy) is 2. The number of methoxy groups -OCH3 is 2. The van der Waals surface area contributed by atoms with E-state index in [-0.39, 0.29) is 29.0 Å². The van der Waals surface area contributed by atoms with Gasteiger partial charge in [-0.25, -0.2) is 0 Å². The topological polar surface area (TPSA) is 108 Å². The molecule has 0 fully saturated rings. The van der Waals surface area contributed by atoms with Gasteiger partial charge in [0.25, 0.3) is 0 Å². The molecule has 33 heavy (non-hydrogen) atoms. The molecular formula is C26H28N2O5. The van der Waals surface area contributed by atoms with Crippen LogP contribution in [0.2, 0.25) is 0 Å². The van der Waals surface area contributed by atoms with Crippen molar-refractivity contribution in [3.63, 3.8) is 0 Å². The van der Waals surface area contributed by atoms with Gasteiger partial charge in [0.2, 0.25) is 29.0 Å². The van der Waals surface area contributed by atoms with Crippen LogP contribution in [0.25, 0.3) is 0 Å². The number of Topliss-reactive ketones (excluding diaryl/α,β-unsaturated/α-hetero) is 2. The predicted octanol–water partition coefficient (Wildman–Crippen LogP) is 3.23. The van der Waals surface area contributed by atoms with Crippen LogP contribution >= 0.6 is 0 Å². The zero-order valence-electron chi connectivity index (χ0n) is 19.1. The molecular weight excluding hydrogens is 420 g/mol. The van der Waals surface area contributed by atoms with Crippen molar-refractivity contribution >= 4 is 23.2 Å². The minimum absolute atomic E-state index is 0.0623. The molecule has 3 N–H and O–H groups in total. The molecule has 1 aliphatic carbocycles. The number of benzene rings is 2. The molecule has 1 amide bonds. The smallest absolute Gasteiger partial charge is 0.228 e. The Hall–Kier alpha value is -3.71. The van der Waals surface area contributed by atoms with Crippen LogP contribution in [-0.4, -0.2) is 31.7 Å². The maximum Gasteiger partial charge on any atom is 0.228 e. The average Bonchev–Trinajstić information content (AvgIpc) is 2.83. The van der Waals surface area contributed by atoms with Gasteiger partial charge in [0.05, 0.1) is 14.2 Å². The molecule has 0 radical (unpaired) electrons. The predicted molar refractivity (Wildman–Crippen MR) is 125 cm³/mol. The maximum absolute atomic E-state index is 12.8. The molecule has 0 atom stereocenters. The summed E-state index contributed by atoms with van der Waals surface area (Å²) in [7, 11) is 2.69. The largest absolute Gasteiger partial charge is 0.489 e. The van der Waals surface area contributed by atoms with E-state index in [0.29, 0.717) is 37.0 Å². The zero-order chi connectivity index (χ0) is 24.0. The molecule has 0 saturated carbocycles. The van der Waals surface area contributed by atoms with Crippen molar-refractivity contribution in [1.82, 2.24) is 0 Å². The van der Waals surface area contributed by atoms with Crippen molar-refractivity contribution in [2.24, 2.45) is 5.73 Å². The third kappa shape index (κ3) is 5.56. The van der Waals surface area contributed by atoms with Crippen LogP contribution in [0.4, 0.5) is 5.69 Å². The van der Waals surface area contributed by atoms with Gasteiger partial charge in [-0.05, 0) is 42.2 Å². The summed E-state index contributed by atoms with van der Waals surface area (Å²) in [6, 6.07) is 15.1. The molecule has 0 spiro atoms. The first-order valence-corrected chi connectivity index (χ1v) is 10.7. The Morgan fingerprint density at radius 2 is 1.39 bits per heavy atom. The van der Waals surface area contributed by atoms with Crippen LogP contribution < -0.4 is 11.1 Å². The molecule has 172 valence electrons. The number of carbonyl (C=O) groups is 3. The third-order valence-corrected chi connectivity index (χ3v) is 5.61. The van der Waals surface area contributed by atoms with Crippen LogP contribution in [0.3, 0.4) is 0 Å². The lowest BCUT2D eigenvalue weighted by atomic mass is 9.88. The van der Waals surface area contributed by atoms with E-state index in [1.807, 2.05) is 48.5 Å². The summed E-state index contributed by atoms with van der Waals surface area (Å²) in [5, 5.41) is 2.88.